The van der Waals surface area contributed by atoms with Crippen LogP contribution in [0.1, 0.15) is 11.5 Å². The van der Waals surface area contributed by atoms with Gasteiger partial charge in [-0.1, -0.05) is 46.3 Å². The van der Waals surface area contributed by atoms with Crippen LogP contribution in [0.4, 0.5) is 0 Å². The third kappa shape index (κ3) is 2.81. The van der Waals surface area contributed by atoms with E-state index in [1.165, 1.54) is 0 Å². The van der Waals surface area contributed by atoms with Crippen LogP contribution in [-0.2, 0) is 14.6 Å². The highest BCUT2D eigenvalue weighted by Gasteiger charge is 2.70. The van der Waals surface area contributed by atoms with Crippen molar-refractivity contribution in [3.63, 3.8) is 0 Å². The van der Waals surface area contributed by atoms with Crippen LogP contribution in [-0.4, -0.2) is 33.9 Å². The van der Waals surface area contributed by atoms with Crippen LogP contribution in [0.2, 0.25) is 0 Å². The molecule has 1 saturated carbocycles. The zero-order valence-electron chi connectivity index (χ0n) is 13.4. The molecule has 0 saturated heterocycles. The SMILES string of the molecule is COC[C@@]1(CN)[C@H](S(=O)(=O)c2ccccc2)[C@@H]1c1ccc(Br)cc1. The molecule has 1 aliphatic carbocycles. The molecule has 0 radical (unpaired) electrons. The molecule has 128 valence electrons. The fraction of sp³-hybridized carbons (Fsp3) is 0.333. The Labute approximate surface area is 151 Å². The smallest absolute Gasteiger partial charge is 0.182 e. The maximum absolute atomic E-state index is 13.2. The number of halogens is 1. The van der Waals surface area contributed by atoms with E-state index in [1.807, 2.05) is 30.3 Å². The van der Waals surface area contributed by atoms with Gasteiger partial charge in [-0.15, -0.1) is 0 Å². The lowest BCUT2D eigenvalue weighted by atomic mass is 10.0. The summed E-state index contributed by atoms with van der Waals surface area (Å²) < 4.78 is 32.6. The molecule has 1 aliphatic rings. The van der Waals surface area contributed by atoms with Gasteiger partial charge in [0.05, 0.1) is 16.8 Å². The van der Waals surface area contributed by atoms with E-state index < -0.39 is 20.5 Å². The monoisotopic (exact) mass is 409 g/mol. The number of hydrogen-bond acceptors (Lipinski definition) is 4. The minimum Gasteiger partial charge on any atom is -0.384 e. The summed E-state index contributed by atoms with van der Waals surface area (Å²) in [7, 11) is -1.90. The Balaban J connectivity index is 2.05. The second-order valence-corrected chi connectivity index (χ2v) is 9.16. The second kappa shape index (κ2) is 6.59. The summed E-state index contributed by atoms with van der Waals surface area (Å²) in [4.78, 5) is 0.337. The van der Waals surface area contributed by atoms with E-state index in [1.54, 1.807) is 31.4 Å². The van der Waals surface area contributed by atoms with Gasteiger partial charge in [0.15, 0.2) is 9.84 Å². The van der Waals surface area contributed by atoms with Gasteiger partial charge in [0.1, 0.15) is 0 Å². The average Bonchev–Trinajstić information content (AvgIpc) is 3.26. The summed E-state index contributed by atoms with van der Waals surface area (Å²) in [5.41, 5.74) is 6.41. The van der Waals surface area contributed by atoms with Crippen molar-refractivity contribution in [2.75, 3.05) is 20.3 Å². The van der Waals surface area contributed by atoms with Gasteiger partial charge in [0, 0.05) is 29.5 Å². The summed E-state index contributed by atoms with van der Waals surface area (Å²) in [5, 5.41) is -0.571. The van der Waals surface area contributed by atoms with Gasteiger partial charge in [0.25, 0.3) is 0 Å². The van der Waals surface area contributed by atoms with Crippen LogP contribution in [0.3, 0.4) is 0 Å². The van der Waals surface area contributed by atoms with E-state index in [0.717, 1.165) is 10.0 Å². The minimum absolute atomic E-state index is 0.166. The maximum atomic E-state index is 13.2. The van der Waals surface area contributed by atoms with E-state index >= 15 is 0 Å². The molecule has 3 atom stereocenters. The first-order chi connectivity index (χ1) is 11.5. The molecule has 1 fully saturated rings. The molecule has 2 N–H and O–H groups in total. The number of nitrogens with two attached hydrogens (primary N) is 1. The maximum Gasteiger partial charge on any atom is 0.182 e. The Bertz CT molecular complexity index is 808. The number of ether oxygens (including phenoxy) is 1. The quantitative estimate of drug-likeness (QED) is 0.795. The van der Waals surface area contributed by atoms with Crippen LogP contribution in [0, 0.1) is 5.41 Å². The molecule has 0 bridgehead atoms. The first-order valence-corrected chi connectivity index (χ1v) is 10.0. The Morgan fingerprint density at radius 1 is 1.12 bits per heavy atom. The Hall–Kier alpha value is -1.21. The van der Waals surface area contributed by atoms with Crippen molar-refractivity contribution < 1.29 is 13.2 Å². The number of methoxy groups -OCH3 is 1. The Morgan fingerprint density at radius 3 is 2.29 bits per heavy atom. The number of hydrogen-bond donors (Lipinski definition) is 1. The molecule has 2 aromatic carbocycles. The first kappa shape index (κ1) is 17.6. The lowest BCUT2D eigenvalue weighted by molar-refractivity contribution is 0.142. The van der Waals surface area contributed by atoms with Crippen LogP contribution < -0.4 is 5.73 Å². The van der Waals surface area contributed by atoms with Gasteiger partial charge in [-0.3, -0.25) is 0 Å². The molecule has 0 aromatic heterocycles. The average molecular weight is 410 g/mol. The lowest BCUT2D eigenvalue weighted by Gasteiger charge is -2.15. The van der Waals surface area contributed by atoms with Crippen molar-refractivity contribution in [3.8, 4) is 0 Å². The fourth-order valence-corrected chi connectivity index (χ4v) is 6.35. The van der Waals surface area contributed by atoms with E-state index in [0.29, 0.717) is 11.5 Å². The third-order valence-electron chi connectivity index (χ3n) is 4.81. The topological polar surface area (TPSA) is 69.4 Å². The Morgan fingerprint density at radius 2 is 1.75 bits per heavy atom. The number of sulfone groups is 1. The predicted octanol–water partition coefficient (Wildman–Crippen LogP) is 2.98. The number of rotatable bonds is 6. The van der Waals surface area contributed by atoms with Crippen molar-refractivity contribution in [2.24, 2.45) is 11.1 Å². The van der Waals surface area contributed by atoms with Crippen LogP contribution in [0.25, 0.3) is 0 Å². The highest BCUT2D eigenvalue weighted by molar-refractivity contribution is 9.10. The fourth-order valence-electron chi connectivity index (χ4n) is 3.62. The predicted molar refractivity (Wildman–Crippen MR) is 97.7 cm³/mol. The standard InChI is InChI=1S/C18H20BrNO3S/c1-23-12-18(11-20)16(13-7-9-14(19)10-8-13)17(18)24(21,22)15-5-3-2-4-6-15/h2-10,16-17H,11-12,20H2,1H3/t16-,17+,18+/m0/s1. The van der Waals surface area contributed by atoms with Crippen LogP contribution in [0.5, 0.6) is 0 Å². The highest BCUT2D eigenvalue weighted by Crippen LogP contribution is 2.63. The first-order valence-electron chi connectivity index (χ1n) is 7.71. The van der Waals surface area contributed by atoms with E-state index in [-0.39, 0.29) is 12.5 Å². The van der Waals surface area contributed by atoms with Gasteiger partial charge >= 0.3 is 0 Å². The van der Waals surface area contributed by atoms with E-state index in [2.05, 4.69) is 15.9 Å². The second-order valence-electron chi connectivity index (χ2n) is 6.18. The van der Waals surface area contributed by atoms with Crippen molar-refractivity contribution in [1.82, 2.24) is 0 Å². The molecule has 0 spiro atoms. The molecule has 0 aliphatic heterocycles. The van der Waals surface area contributed by atoms with Gasteiger partial charge in [-0.2, -0.15) is 0 Å². The van der Waals surface area contributed by atoms with Crippen LogP contribution >= 0.6 is 15.9 Å². The molecule has 2 aromatic rings. The van der Waals surface area contributed by atoms with Crippen molar-refractivity contribution in [1.29, 1.82) is 0 Å². The molecular weight excluding hydrogens is 390 g/mol. The summed E-state index contributed by atoms with van der Waals surface area (Å²) in [6.07, 6.45) is 0. The van der Waals surface area contributed by atoms with Gasteiger partial charge in [0.2, 0.25) is 0 Å². The zero-order chi connectivity index (χ0) is 17.4. The number of benzene rings is 2. The largest absolute Gasteiger partial charge is 0.384 e. The van der Waals surface area contributed by atoms with Crippen molar-refractivity contribution in [3.05, 3.63) is 64.6 Å². The van der Waals surface area contributed by atoms with Gasteiger partial charge < -0.3 is 10.5 Å². The van der Waals surface area contributed by atoms with Gasteiger partial charge in [-0.05, 0) is 29.8 Å². The minimum atomic E-state index is -3.49. The zero-order valence-corrected chi connectivity index (χ0v) is 15.8. The molecule has 3 rings (SSSR count). The molecule has 0 unspecified atom stereocenters. The van der Waals surface area contributed by atoms with E-state index in [9.17, 15) is 8.42 Å². The summed E-state index contributed by atoms with van der Waals surface area (Å²) in [6, 6.07) is 16.3. The lowest BCUT2D eigenvalue weighted by Crippen LogP contribution is -2.28. The molecular formula is C18H20BrNO3S. The normalized spacial score (nSPS) is 26.3. The summed E-state index contributed by atoms with van der Waals surface area (Å²) in [6.45, 7) is 0.583. The third-order valence-corrected chi connectivity index (χ3v) is 7.68. The van der Waals surface area contributed by atoms with E-state index in [4.69, 9.17) is 10.5 Å². The van der Waals surface area contributed by atoms with Crippen molar-refractivity contribution >= 4 is 25.8 Å². The van der Waals surface area contributed by atoms with Crippen LogP contribution in [0.15, 0.2) is 64.0 Å². The van der Waals surface area contributed by atoms with Crippen molar-refractivity contribution in [2.45, 2.75) is 16.1 Å². The molecule has 4 nitrogen and oxygen atoms in total. The molecule has 0 heterocycles. The summed E-state index contributed by atoms with van der Waals surface area (Å²) in [5.74, 6) is -0.166. The highest BCUT2D eigenvalue weighted by atomic mass is 79.9. The van der Waals surface area contributed by atoms with Gasteiger partial charge in [-0.25, -0.2) is 8.42 Å². The molecule has 24 heavy (non-hydrogen) atoms. The molecule has 0 amide bonds. The Kier molecular flexibility index (Phi) is 4.84. The summed E-state index contributed by atoms with van der Waals surface area (Å²) >= 11 is 3.42. The molecule has 6 heteroatoms.